The van der Waals surface area contributed by atoms with E-state index in [4.69, 9.17) is 23.2 Å². The number of nitrogens with zero attached hydrogens (tertiary/aromatic N) is 5. The number of fused-ring (bicyclic) bond motifs is 1. The summed E-state index contributed by atoms with van der Waals surface area (Å²) in [5.41, 5.74) is 3.72. The highest BCUT2D eigenvalue weighted by atomic mass is 35.5. The SMILES string of the molecule is CNc1ccnc(Nc2ccc3sc(Cl)c(-c4cc(-c5c(C)ncn(C)c5=O)cnc4Cl)c3c2)n1. The summed E-state index contributed by atoms with van der Waals surface area (Å²) in [4.78, 5) is 30.2. The van der Waals surface area contributed by atoms with E-state index in [1.165, 1.54) is 22.2 Å². The smallest absolute Gasteiger partial charge is 0.261 e. The van der Waals surface area contributed by atoms with Gasteiger partial charge in [0.25, 0.3) is 5.56 Å². The predicted molar refractivity (Wildman–Crippen MR) is 143 cm³/mol. The first-order valence-electron chi connectivity index (χ1n) is 10.5. The Labute approximate surface area is 214 Å². The number of rotatable bonds is 5. The number of aromatic nitrogens is 5. The van der Waals surface area contributed by atoms with Gasteiger partial charge in [0.2, 0.25) is 5.95 Å². The summed E-state index contributed by atoms with van der Waals surface area (Å²) in [5, 5.41) is 7.41. The van der Waals surface area contributed by atoms with E-state index in [0.29, 0.717) is 38.5 Å². The molecule has 0 amide bonds. The number of hydrogen-bond acceptors (Lipinski definition) is 8. The number of benzene rings is 1. The summed E-state index contributed by atoms with van der Waals surface area (Å²) >= 11 is 14.7. The Morgan fingerprint density at radius 3 is 2.69 bits per heavy atom. The zero-order valence-electron chi connectivity index (χ0n) is 18.9. The molecule has 0 atom stereocenters. The van der Waals surface area contributed by atoms with Crippen LogP contribution >= 0.6 is 34.5 Å². The molecule has 0 saturated carbocycles. The Balaban J connectivity index is 1.64. The van der Waals surface area contributed by atoms with Crippen molar-refractivity contribution in [3.63, 3.8) is 0 Å². The van der Waals surface area contributed by atoms with Crippen molar-refractivity contribution < 1.29 is 0 Å². The van der Waals surface area contributed by atoms with Gasteiger partial charge in [0.05, 0.1) is 17.6 Å². The van der Waals surface area contributed by atoms with Crippen LogP contribution in [0.15, 0.2) is 53.8 Å². The Hall–Kier alpha value is -3.53. The molecule has 4 aromatic heterocycles. The molecule has 0 bridgehead atoms. The highest BCUT2D eigenvalue weighted by molar-refractivity contribution is 7.23. The quantitative estimate of drug-likeness (QED) is 0.276. The molecule has 1 aromatic carbocycles. The zero-order valence-corrected chi connectivity index (χ0v) is 21.3. The molecule has 0 fully saturated rings. The fourth-order valence-corrected chi connectivity index (χ4v) is 5.37. The summed E-state index contributed by atoms with van der Waals surface area (Å²) in [7, 11) is 3.46. The Morgan fingerprint density at radius 1 is 1.06 bits per heavy atom. The van der Waals surface area contributed by atoms with Gasteiger partial charge in [-0.2, -0.15) is 4.98 Å². The fraction of sp³-hybridized carbons (Fsp3) is 0.125. The number of hydrogen-bond donors (Lipinski definition) is 2. The number of nitrogens with one attached hydrogen (secondary N) is 2. The van der Waals surface area contributed by atoms with Crippen LogP contribution < -0.4 is 16.2 Å². The maximum absolute atomic E-state index is 12.8. The van der Waals surface area contributed by atoms with Crippen LogP contribution in [0, 0.1) is 6.92 Å². The Morgan fingerprint density at radius 2 is 1.89 bits per heavy atom. The minimum atomic E-state index is -0.163. The van der Waals surface area contributed by atoms with Gasteiger partial charge in [0.1, 0.15) is 15.3 Å². The number of halogens is 2. The average molecular weight is 524 g/mol. The fourth-order valence-electron chi connectivity index (χ4n) is 3.80. The standard InChI is InChI=1S/C24H19Cl2N7OS/c1-12-19(23(34)33(3)11-30-12)13-8-16(21(25)29-10-13)20-15-9-14(4-5-17(15)35-22(20)26)31-24-28-7-6-18(27-2)32-24/h4-11H,1-3H3,(H2,27,28,31,32). The number of anilines is 3. The molecule has 35 heavy (non-hydrogen) atoms. The van der Waals surface area contributed by atoms with Crippen molar-refractivity contribution in [2.45, 2.75) is 6.92 Å². The van der Waals surface area contributed by atoms with Crippen LogP contribution in [0.25, 0.3) is 32.3 Å². The van der Waals surface area contributed by atoms with Gasteiger partial charge >= 0.3 is 0 Å². The van der Waals surface area contributed by atoms with Crippen LogP contribution in [0.2, 0.25) is 9.49 Å². The van der Waals surface area contributed by atoms with Gasteiger partial charge < -0.3 is 15.2 Å². The summed E-state index contributed by atoms with van der Waals surface area (Å²) in [6, 6.07) is 9.51. The first kappa shape index (κ1) is 23.2. The molecule has 11 heteroatoms. The lowest BCUT2D eigenvalue weighted by molar-refractivity contribution is 0.817. The Bertz CT molecular complexity index is 1650. The maximum atomic E-state index is 12.8. The highest BCUT2D eigenvalue weighted by Crippen LogP contribution is 2.45. The number of aryl methyl sites for hydroxylation is 2. The van der Waals surface area contributed by atoms with Crippen LogP contribution in [0.1, 0.15) is 5.69 Å². The van der Waals surface area contributed by atoms with Crippen molar-refractivity contribution in [1.29, 1.82) is 0 Å². The third-order valence-electron chi connectivity index (χ3n) is 5.53. The van der Waals surface area contributed by atoms with Crippen molar-refractivity contribution in [2.24, 2.45) is 7.05 Å². The van der Waals surface area contributed by atoms with E-state index in [1.807, 2.05) is 24.3 Å². The maximum Gasteiger partial charge on any atom is 0.261 e. The second kappa shape index (κ2) is 9.26. The van der Waals surface area contributed by atoms with E-state index in [0.717, 1.165) is 21.3 Å². The van der Waals surface area contributed by atoms with E-state index in [9.17, 15) is 4.79 Å². The second-order valence-electron chi connectivity index (χ2n) is 7.79. The summed E-state index contributed by atoms with van der Waals surface area (Å²) in [6.45, 7) is 1.79. The highest BCUT2D eigenvalue weighted by Gasteiger charge is 2.19. The largest absolute Gasteiger partial charge is 0.373 e. The number of thiophene rings is 1. The van der Waals surface area contributed by atoms with Crippen molar-refractivity contribution in [2.75, 3.05) is 17.7 Å². The zero-order chi connectivity index (χ0) is 24.7. The molecule has 4 heterocycles. The second-order valence-corrected chi connectivity index (χ2v) is 9.80. The van der Waals surface area contributed by atoms with Gasteiger partial charge in [-0.05, 0) is 37.3 Å². The molecule has 0 unspecified atom stereocenters. The third kappa shape index (κ3) is 4.34. The van der Waals surface area contributed by atoms with Crippen LogP contribution in [0.3, 0.4) is 0 Å². The van der Waals surface area contributed by atoms with Gasteiger partial charge in [-0.3, -0.25) is 4.79 Å². The van der Waals surface area contributed by atoms with Crippen LogP contribution in [-0.2, 0) is 7.05 Å². The Kier molecular flexibility index (Phi) is 6.14. The molecule has 2 N–H and O–H groups in total. The number of pyridine rings is 1. The van der Waals surface area contributed by atoms with E-state index >= 15 is 0 Å². The van der Waals surface area contributed by atoms with Gasteiger partial charge in [0, 0.05) is 59.0 Å². The van der Waals surface area contributed by atoms with Crippen molar-refractivity contribution in [3.05, 3.63) is 74.6 Å². The van der Waals surface area contributed by atoms with Crippen molar-refractivity contribution in [3.8, 4) is 22.3 Å². The summed E-state index contributed by atoms with van der Waals surface area (Å²) in [6.07, 6.45) is 4.76. The van der Waals surface area contributed by atoms with E-state index in [2.05, 4.69) is 30.6 Å². The van der Waals surface area contributed by atoms with E-state index in [1.54, 1.807) is 39.5 Å². The lowest BCUT2D eigenvalue weighted by Gasteiger charge is -2.11. The van der Waals surface area contributed by atoms with Gasteiger partial charge in [-0.1, -0.05) is 23.2 Å². The summed E-state index contributed by atoms with van der Waals surface area (Å²) in [5.74, 6) is 1.16. The van der Waals surface area contributed by atoms with Gasteiger partial charge in [0.15, 0.2) is 0 Å². The lowest BCUT2D eigenvalue weighted by Crippen LogP contribution is -2.20. The van der Waals surface area contributed by atoms with Crippen LogP contribution in [-0.4, -0.2) is 31.6 Å². The van der Waals surface area contributed by atoms with Gasteiger partial charge in [-0.15, -0.1) is 11.3 Å². The normalized spacial score (nSPS) is 11.1. The monoisotopic (exact) mass is 523 g/mol. The molecule has 5 aromatic rings. The summed E-state index contributed by atoms with van der Waals surface area (Å²) < 4.78 is 2.99. The third-order valence-corrected chi connectivity index (χ3v) is 7.21. The minimum absolute atomic E-state index is 0.163. The molecule has 176 valence electrons. The topological polar surface area (TPSA) is 97.6 Å². The molecule has 0 aliphatic rings. The van der Waals surface area contributed by atoms with Gasteiger partial charge in [-0.25, -0.2) is 15.0 Å². The molecule has 8 nitrogen and oxygen atoms in total. The van der Waals surface area contributed by atoms with E-state index < -0.39 is 0 Å². The first-order chi connectivity index (χ1) is 16.9. The molecular formula is C24H19Cl2N7OS. The molecule has 0 radical (unpaired) electrons. The minimum Gasteiger partial charge on any atom is -0.373 e. The molecule has 0 aliphatic heterocycles. The average Bonchev–Trinajstić information content (AvgIpc) is 3.17. The lowest BCUT2D eigenvalue weighted by atomic mass is 10.0. The molecular weight excluding hydrogens is 505 g/mol. The molecule has 0 aliphatic carbocycles. The molecule has 0 spiro atoms. The molecule has 5 rings (SSSR count). The van der Waals surface area contributed by atoms with Crippen LogP contribution in [0.5, 0.6) is 0 Å². The van der Waals surface area contributed by atoms with Crippen molar-refractivity contribution >= 4 is 62.1 Å². The first-order valence-corrected chi connectivity index (χ1v) is 12.1. The molecule has 0 saturated heterocycles. The predicted octanol–water partition coefficient (Wildman–Crippen LogP) is 5.91. The van der Waals surface area contributed by atoms with Crippen LogP contribution in [0.4, 0.5) is 17.5 Å². The van der Waals surface area contributed by atoms with Crippen molar-refractivity contribution in [1.82, 2.24) is 24.5 Å². The van der Waals surface area contributed by atoms with E-state index in [-0.39, 0.29) is 10.7 Å².